The third kappa shape index (κ3) is 5.02. The largest absolute Gasteiger partial charge is 0.489 e. The number of pyridine rings is 1. The van der Waals surface area contributed by atoms with Crippen LogP contribution < -0.4 is 15.4 Å². The van der Waals surface area contributed by atoms with Crippen LogP contribution >= 0.6 is 11.6 Å². The van der Waals surface area contributed by atoms with E-state index in [1.54, 1.807) is 12.3 Å². The van der Waals surface area contributed by atoms with E-state index in [1.165, 1.54) is 0 Å². The van der Waals surface area contributed by atoms with Gasteiger partial charge in [-0.25, -0.2) is 0 Å². The summed E-state index contributed by atoms with van der Waals surface area (Å²) in [5.74, 6) is 0.650. The van der Waals surface area contributed by atoms with E-state index >= 15 is 0 Å². The van der Waals surface area contributed by atoms with Gasteiger partial charge in [0.25, 0.3) is 5.91 Å². The van der Waals surface area contributed by atoms with Crippen LogP contribution in [0.2, 0.25) is 5.02 Å². The summed E-state index contributed by atoms with van der Waals surface area (Å²) in [7, 11) is 0. The van der Waals surface area contributed by atoms with Gasteiger partial charge in [-0.2, -0.15) is 0 Å². The summed E-state index contributed by atoms with van der Waals surface area (Å²) >= 11 is 5.89. The highest BCUT2D eigenvalue weighted by Crippen LogP contribution is 2.22. The minimum absolute atomic E-state index is 0.128. The Morgan fingerprint density at radius 2 is 1.79 bits per heavy atom. The van der Waals surface area contributed by atoms with Gasteiger partial charge in [-0.1, -0.05) is 23.7 Å². The highest BCUT2D eigenvalue weighted by molar-refractivity contribution is 6.30. The quantitative estimate of drug-likeness (QED) is 0.596. The summed E-state index contributed by atoms with van der Waals surface area (Å²) in [6.45, 7) is 0.480. The van der Waals surface area contributed by atoms with E-state index in [2.05, 4.69) is 15.6 Å². The van der Waals surface area contributed by atoms with Crippen LogP contribution in [0.5, 0.6) is 5.75 Å². The highest BCUT2D eigenvalue weighted by Gasteiger charge is 2.24. The molecule has 2 aromatic carbocycles. The van der Waals surface area contributed by atoms with Crippen molar-refractivity contribution < 1.29 is 9.53 Å². The molecular formula is C22H20ClN3O2. The van der Waals surface area contributed by atoms with E-state index in [4.69, 9.17) is 16.3 Å². The van der Waals surface area contributed by atoms with Gasteiger partial charge in [0, 0.05) is 28.6 Å². The lowest BCUT2D eigenvalue weighted by Crippen LogP contribution is -2.26. The third-order valence-electron chi connectivity index (χ3n) is 4.37. The van der Waals surface area contributed by atoms with E-state index in [9.17, 15) is 4.79 Å². The van der Waals surface area contributed by atoms with Gasteiger partial charge in [-0.15, -0.1) is 0 Å². The Morgan fingerprint density at radius 1 is 1.04 bits per heavy atom. The maximum Gasteiger partial charge on any atom is 0.270 e. The normalized spacial score (nSPS) is 13.0. The van der Waals surface area contributed by atoms with Crippen molar-refractivity contribution in [3.05, 3.63) is 83.1 Å². The molecule has 3 aromatic rings. The second-order valence-electron chi connectivity index (χ2n) is 6.74. The van der Waals surface area contributed by atoms with Crippen molar-refractivity contribution in [2.45, 2.75) is 25.5 Å². The molecule has 0 aliphatic heterocycles. The van der Waals surface area contributed by atoms with Crippen LogP contribution in [0.25, 0.3) is 0 Å². The van der Waals surface area contributed by atoms with Crippen molar-refractivity contribution in [2.75, 3.05) is 5.32 Å². The first-order valence-electron chi connectivity index (χ1n) is 9.17. The van der Waals surface area contributed by atoms with Gasteiger partial charge in [-0.3, -0.25) is 9.78 Å². The van der Waals surface area contributed by atoms with Gasteiger partial charge in [0.2, 0.25) is 0 Å². The Morgan fingerprint density at radius 3 is 2.50 bits per heavy atom. The topological polar surface area (TPSA) is 63.2 Å². The summed E-state index contributed by atoms with van der Waals surface area (Å²) in [4.78, 5) is 16.3. The number of amides is 1. The lowest BCUT2D eigenvalue weighted by atomic mass is 10.2. The molecule has 0 saturated heterocycles. The fourth-order valence-electron chi connectivity index (χ4n) is 2.67. The number of nitrogens with zero attached hydrogens (tertiary/aromatic N) is 1. The smallest absolute Gasteiger partial charge is 0.270 e. The van der Waals surface area contributed by atoms with Crippen molar-refractivity contribution in [2.24, 2.45) is 0 Å². The van der Waals surface area contributed by atoms with E-state index in [0.717, 1.165) is 35.5 Å². The maximum absolute atomic E-state index is 12.1. The summed E-state index contributed by atoms with van der Waals surface area (Å²) in [5, 5.41) is 6.94. The lowest BCUT2D eigenvalue weighted by molar-refractivity contribution is 0.0946. The number of halogens is 1. The maximum atomic E-state index is 12.1. The van der Waals surface area contributed by atoms with Crippen LogP contribution in [0.15, 0.2) is 66.9 Å². The molecule has 28 heavy (non-hydrogen) atoms. The zero-order valence-corrected chi connectivity index (χ0v) is 15.9. The lowest BCUT2D eigenvalue weighted by Gasteiger charge is -2.10. The Balaban J connectivity index is 1.35. The summed E-state index contributed by atoms with van der Waals surface area (Å²) in [6, 6.07) is 19.1. The summed E-state index contributed by atoms with van der Waals surface area (Å²) < 4.78 is 5.80. The molecule has 5 nitrogen and oxygen atoms in total. The van der Waals surface area contributed by atoms with Crippen molar-refractivity contribution >= 4 is 28.9 Å². The van der Waals surface area contributed by atoms with Crippen molar-refractivity contribution in [1.82, 2.24) is 10.3 Å². The van der Waals surface area contributed by atoms with Crippen molar-refractivity contribution in [3.8, 4) is 5.75 Å². The van der Waals surface area contributed by atoms with Gasteiger partial charge in [-0.05, 0) is 66.9 Å². The number of benzene rings is 2. The number of carbonyl (C=O) groups excluding carboxylic acids is 1. The van der Waals surface area contributed by atoms with Crippen molar-refractivity contribution in [3.63, 3.8) is 0 Å². The van der Waals surface area contributed by atoms with Crippen LogP contribution in [0, 0.1) is 0 Å². The summed E-state index contributed by atoms with van der Waals surface area (Å²) in [5.41, 5.74) is 3.18. The first kappa shape index (κ1) is 18.3. The molecule has 1 saturated carbocycles. The molecule has 1 aliphatic carbocycles. The fraction of sp³-hybridized carbons (Fsp3) is 0.182. The van der Waals surface area contributed by atoms with Crippen LogP contribution in [0.3, 0.4) is 0 Å². The third-order valence-corrected chi connectivity index (χ3v) is 4.62. The first-order valence-corrected chi connectivity index (χ1v) is 9.55. The summed E-state index contributed by atoms with van der Waals surface area (Å²) in [6.07, 6.45) is 3.74. The average molecular weight is 394 g/mol. The van der Waals surface area contributed by atoms with Crippen molar-refractivity contribution in [1.29, 1.82) is 0 Å². The number of rotatable bonds is 7. The minimum atomic E-state index is -0.128. The van der Waals surface area contributed by atoms with E-state index in [0.29, 0.717) is 23.4 Å². The Kier molecular flexibility index (Phi) is 5.44. The monoisotopic (exact) mass is 393 g/mol. The molecule has 1 aromatic heterocycles. The molecule has 6 heteroatoms. The fourth-order valence-corrected chi connectivity index (χ4v) is 2.79. The molecule has 1 heterocycles. The number of ether oxygens (including phenoxy) is 1. The molecule has 0 radical (unpaired) electrons. The molecular weight excluding hydrogens is 374 g/mol. The zero-order valence-electron chi connectivity index (χ0n) is 15.2. The molecule has 0 bridgehead atoms. The second kappa shape index (κ2) is 8.31. The Labute approximate surface area is 168 Å². The molecule has 1 amide bonds. The van der Waals surface area contributed by atoms with Gasteiger partial charge in [0.15, 0.2) is 0 Å². The predicted molar refractivity (Wildman–Crippen MR) is 110 cm³/mol. The molecule has 142 valence electrons. The van der Waals surface area contributed by atoms with Gasteiger partial charge in [0.1, 0.15) is 18.1 Å². The molecule has 0 unspecified atom stereocenters. The predicted octanol–water partition coefficient (Wildman–Crippen LogP) is 4.95. The molecule has 1 fully saturated rings. The Bertz CT molecular complexity index is 954. The zero-order chi connectivity index (χ0) is 19.3. The number of nitrogens with one attached hydrogen (secondary N) is 2. The molecule has 0 atom stereocenters. The van der Waals surface area contributed by atoms with Gasteiger partial charge < -0.3 is 15.4 Å². The highest BCUT2D eigenvalue weighted by atomic mass is 35.5. The van der Waals surface area contributed by atoms with E-state index < -0.39 is 0 Å². The average Bonchev–Trinajstić information content (AvgIpc) is 3.53. The van der Waals surface area contributed by atoms with Crippen LogP contribution in [-0.4, -0.2) is 16.9 Å². The van der Waals surface area contributed by atoms with Crippen LogP contribution in [0.1, 0.15) is 28.9 Å². The number of carbonyl (C=O) groups is 1. The standard InChI is InChI=1S/C22H20ClN3O2/c23-16-3-1-15(2-4-16)14-28-20-9-7-17(8-10-20)25-19-11-12-24-21(13-19)22(27)26-18-5-6-18/h1-4,7-13,18H,5-6,14H2,(H,24,25)(H,26,27). The molecule has 0 spiro atoms. The Hall–Kier alpha value is -3.05. The molecule has 2 N–H and O–H groups in total. The van der Waals surface area contributed by atoms with Crippen LogP contribution in [-0.2, 0) is 6.61 Å². The number of hydrogen-bond acceptors (Lipinski definition) is 4. The number of anilines is 2. The number of aromatic nitrogens is 1. The van der Waals surface area contributed by atoms with E-state index in [-0.39, 0.29) is 5.91 Å². The SMILES string of the molecule is O=C(NC1CC1)c1cc(Nc2ccc(OCc3ccc(Cl)cc3)cc2)ccn1. The minimum Gasteiger partial charge on any atom is -0.489 e. The number of hydrogen-bond donors (Lipinski definition) is 2. The van der Waals surface area contributed by atoms with Crippen LogP contribution in [0.4, 0.5) is 11.4 Å². The first-order chi connectivity index (χ1) is 13.7. The molecule has 1 aliphatic rings. The molecule has 4 rings (SSSR count). The second-order valence-corrected chi connectivity index (χ2v) is 7.18. The van der Waals surface area contributed by atoms with Gasteiger partial charge >= 0.3 is 0 Å². The van der Waals surface area contributed by atoms with Gasteiger partial charge in [0.05, 0.1) is 0 Å². The van der Waals surface area contributed by atoms with E-state index in [1.807, 2.05) is 54.6 Å².